The molecule has 2 aliphatic rings. The van der Waals surface area contributed by atoms with E-state index in [-0.39, 0.29) is 25.4 Å². The van der Waals surface area contributed by atoms with E-state index in [1.54, 1.807) is 48.5 Å². The Kier molecular flexibility index (Phi) is 11.1. The first kappa shape index (κ1) is 32.5. The maximum atomic E-state index is 12.4. The lowest BCUT2D eigenvalue weighted by Crippen LogP contribution is -2.09. The molecule has 0 bridgehead atoms. The van der Waals surface area contributed by atoms with Crippen molar-refractivity contribution in [1.82, 2.24) is 0 Å². The third-order valence-corrected chi connectivity index (χ3v) is 7.12. The first-order valence-electron chi connectivity index (χ1n) is 15.6. The van der Waals surface area contributed by atoms with Crippen molar-refractivity contribution >= 4 is 34.7 Å². The van der Waals surface area contributed by atoms with Crippen molar-refractivity contribution in [2.75, 3.05) is 39.6 Å². The second kappa shape index (κ2) is 16.4. The van der Waals surface area contributed by atoms with E-state index >= 15 is 0 Å². The summed E-state index contributed by atoms with van der Waals surface area (Å²) in [6, 6.07) is 27.9. The van der Waals surface area contributed by atoms with Crippen LogP contribution in [0.3, 0.4) is 0 Å². The predicted octanol–water partition coefficient (Wildman–Crippen LogP) is 7.87. The second-order valence-corrected chi connectivity index (χ2v) is 11.0. The first-order chi connectivity index (χ1) is 23.6. The van der Waals surface area contributed by atoms with E-state index in [0.29, 0.717) is 59.9 Å². The van der Waals surface area contributed by atoms with Crippen LogP contribution in [-0.4, -0.2) is 63.8 Å². The Hall–Kier alpha value is -5.46. The molecular formula is C36H34N4O8. The van der Waals surface area contributed by atoms with Crippen LogP contribution in [0, 0.1) is 0 Å². The zero-order valence-electron chi connectivity index (χ0n) is 26.1. The first-order valence-corrected chi connectivity index (χ1v) is 15.6. The molecule has 0 spiro atoms. The molecule has 4 aromatic rings. The SMILES string of the molecule is O=C(OCCCCOC(=O)c1ccc(N=Nc2ccc(OCC3CO3)cc2)cc1)c1ccc(N=Nc2ccc(OCC3CO3)cc2)cc1. The zero-order valence-corrected chi connectivity index (χ0v) is 26.1. The van der Waals surface area contributed by atoms with Gasteiger partial charge < -0.3 is 28.4 Å². The van der Waals surface area contributed by atoms with Crippen molar-refractivity contribution in [1.29, 1.82) is 0 Å². The number of epoxide rings is 2. The minimum absolute atomic E-state index is 0.202. The molecule has 0 aliphatic carbocycles. The predicted molar refractivity (Wildman–Crippen MR) is 174 cm³/mol. The summed E-state index contributed by atoms with van der Waals surface area (Å²) < 4.78 is 32.2. The average Bonchev–Trinajstić information content (AvgIpc) is 4.07. The lowest BCUT2D eigenvalue weighted by Gasteiger charge is -2.07. The smallest absolute Gasteiger partial charge is 0.338 e. The largest absolute Gasteiger partial charge is 0.491 e. The fourth-order valence-corrected chi connectivity index (χ4v) is 4.18. The van der Waals surface area contributed by atoms with Crippen LogP contribution in [0.2, 0.25) is 0 Å². The Bertz CT molecular complexity index is 1570. The molecule has 2 saturated heterocycles. The molecule has 2 aliphatic heterocycles. The maximum Gasteiger partial charge on any atom is 0.338 e. The quantitative estimate of drug-likeness (QED) is 0.0486. The van der Waals surface area contributed by atoms with E-state index in [0.717, 1.165) is 24.7 Å². The molecule has 4 aromatic carbocycles. The van der Waals surface area contributed by atoms with Crippen molar-refractivity contribution in [2.24, 2.45) is 20.5 Å². The van der Waals surface area contributed by atoms with Crippen molar-refractivity contribution < 1.29 is 38.0 Å². The van der Waals surface area contributed by atoms with Crippen molar-refractivity contribution in [3.8, 4) is 11.5 Å². The highest BCUT2D eigenvalue weighted by Crippen LogP contribution is 2.24. The second-order valence-electron chi connectivity index (χ2n) is 11.0. The number of azo groups is 2. The number of nitrogens with zero attached hydrogens (tertiary/aromatic N) is 4. The summed E-state index contributed by atoms with van der Waals surface area (Å²) >= 11 is 0. The number of benzene rings is 4. The maximum absolute atomic E-state index is 12.4. The summed E-state index contributed by atoms with van der Waals surface area (Å²) in [6.45, 7) is 3.00. The summed E-state index contributed by atoms with van der Waals surface area (Å²) in [4.78, 5) is 24.8. The molecule has 48 heavy (non-hydrogen) atoms. The average molecular weight is 651 g/mol. The number of carbonyl (C=O) groups excluding carboxylic acids is 2. The molecule has 2 atom stereocenters. The van der Waals surface area contributed by atoms with E-state index in [9.17, 15) is 9.59 Å². The lowest BCUT2D eigenvalue weighted by molar-refractivity contribution is 0.0432. The van der Waals surface area contributed by atoms with Crippen molar-refractivity contribution in [2.45, 2.75) is 25.0 Å². The van der Waals surface area contributed by atoms with Gasteiger partial charge in [0.15, 0.2) is 0 Å². The third-order valence-electron chi connectivity index (χ3n) is 7.12. The van der Waals surface area contributed by atoms with Crippen LogP contribution in [-0.2, 0) is 18.9 Å². The van der Waals surface area contributed by atoms with E-state index in [1.807, 2.05) is 48.5 Å². The Morgan fingerprint density at radius 1 is 0.521 bits per heavy atom. The molecule has 12 nitrogen and oxygen atoms in total. The topological polar surface area (TPSA) is 146 Å². The van der Waals surface area contributed by atoms with Crippen LogP contribution in [0.5, 0.6) is 11.5 Å². The van der Waals surface area contributed by atoms with Gasteiger partial charge in [-0.25, -0.2) is 9.59 Å². The van der Waals surface area contributed by atoms with Gasteiger partial charge in [0.2, 0.25) is 0 Å². The monoisotopic (exact) mass is 650 g/mol. The van der Waals surface area contributed by atoms with E-state index in [4.69, 9.17) is 28.4 Å². The number of hydrogen-bond acceptors (Lipinski definition) is 12. The van der Waals surface area contributed by atoms with Gasteiger partial charge >= 0.3 is 11.9 Å². The summed E-state index contributed by atoms with van der Waals surface area (Å²) in [5.74, 6) is 0.622. The van der Waals surface area contributed by atoms with E-state index < -0.39 is 11.9 Å². The highest BCUT2D eigenvalue weighted by atomic mass is 16.6. The van der Waals surface area contributed by atoms with Gasteiger partial charge in [-0.15, -0.1) is 0 Å². The number of carbonyl (C=O) groups is 2. The molecule has 6 rings (SSSR count). The van der Waals surface area contributed by atoms with E-state index in [2.05, 4.69) is 20.5 Å². The molecule has 0 radical (unpaired) electrons. The minimum atomic E-state index is -0.439. The molecule has 0 amide bonds. The summed E-state index contributed by atoms with van der Waals surface area (Å²) in [5, 5.41) is 16.9. The summed E-state index contributed by atoms with van der Waals surface area (Å²) in [6.07, 6.45) is 1.50. The Morgan fingerprint density at radius 2 is 0.833 bits per heavy atom. The van der Waals surface area contributed by atoms with Gasteiger partial charge in [0.25, 0.3) is 0 Å². The standard InChI is InChI=1S/C36H34N4O8/c41-35(25-3-7-27(8-4-25)37-39-29-11-15-31(16-12-29)45-21-33-23-47-33)43-19-1-2-20-44-36(42)26-5-9-28(10-6-26)38-40-30-13-17-32(18-14-30)46-22-34-24-48-34/h3-18,33-34H,1-2,19-24H2. The summed E-state index contributed by atoms with van der Waals surface area (Å²) in [5.41, 5.74) is 3.39. The number of esters is 2. The number of rotatable bonds is 17. The van der Waals surface area contributed by atoms with Crippen LogP contribution < -0.4 is 9.47 Å². The third kappa shape index (κ3) is 10.5. The number of ether oxygens (including phenoxy) is 6. The van der Waals surface area contributed by atoms with Crippen LogP contribution in [0.25, 0.3) is 0 Å². The Labute approximate surface area is 277 Å². The molecule has 0 saturated carbocycles. The molecule has 2 heterocycles. The molecule has 0 aromatic heterocycles. The van der Waals surface area contributed by atoms with E-state index in [1.165, 1.54) is 0 Å². The van der Waals surface area contributed by atoms with Crippen LogP contribution >= 0.6 is 0 Å². The zero-order chi connectivity index (χ0) is 33.0. The summed E-state index contributed by atoms with van der Waals surface area (Å²) in [7, 11) is 0. The molecular weight excluding hydrogens is 616 g/mol. The van der Waals surface area contributed by atoms with Gasteiger partial charge in [-0.05, 0) is 110 Å². The normalized spacial score (nSPS) is 16.5. The van der Waals surface area contributed by atoms with Crippen LogP contribution in [0.1, 0.15) is 33.6 Å². The number of unbranched alkanes of at least 4 members (excludes halogenated alkanes) is 1. The fourth-order valence-electron chi connectivity index (χ4n) is 4.18. The van der Waals surface area contributed by atoms with Gasteiger partial charge in [-0.1, -0.05) is 0 Å². The lowest BCUT2D eigenvalue weighted by atomic mass is 10.2. The Balaban J connectivity index is 0.842. The Morgan fingerprint density at radius 3 is 1.15 bits per heavy atom. The fraction of sp³-hybridized carbons (Fsp3) is 0.278. The van der Waals surface area contributed by atoms with Gasteiger partial charge in [0.05, 0.1) is 60.3 Å². The molecule has 0 N–H and O–H groups in total. The van der Waals surface area contributed by atoms with Gasteiger partial charge in [0, 0.05) is 0 Å². The van der Waals surface area contributed by atoms with Crippen molar-refractivity contribution in [3.05, 3.63) is 108 Å². The highest BCUT2D eigenvalue weighted by molar-refractivity contribution is 5.90. The molecule has 12 heteroatoms. The van der Waals surface area contributed by atoms with Crippen molar-refractivity contribution in [3.63, 3.8) is 0 Å². The molecule has 2 fully saturated rings. The van der Waals surface area contributed by atoms with Gasteiger partial charge in [0.1, 0.15) is 36.9 Å². The van der Waals surface area contributed by atoms with Gasteiger partial charge in [-0.3, -0.25) is 0 Å². The minimum Gasteiger partial charge on any atom is -0.491 e. The number of hydrogen-bond donors (Lipinski definition) is 0. The van der Waals surface area contributed by atoms with Gasteiger partial charge in [-0.2, -0.15) is 20.5 Å². The van der Waals surface area contributed by atoms with Crippen LogP contribution in [0.15, 0.2) is 118 Å². The highest BCUT2D eigenvalue weighted by Gasteiger charge is 2.23. The molecule has 2 unspecified atom stereocenters. The molecule has 246 valence electrons. The van der Waals surface area contributed by atoms with Crippen LogP contribution in [0.4, 0.5) is 22.7 Å².